The number of nitrogens with zero attached hydrogens (tertiary/aromatic N) is 1. The van der Waals surface area contributed by atoms with Crippen LogP contribution in [0.5, 0.6) is 0 Å². The third-order valence-corrected chi connectivity index (χ3v) is 3.02. The van der Waals surface area contributed by atoms with Crippen molar-refractivity contribution in [1.29, 1.82) is 0 Å². The first-order valence-electron chi connectivity index (χ1n) is 5.43. The Balaban J connectivity index is 2.14. The first-order chi connectivity index (χ1) is 7.70. The maximum atomic E-state index is 11.1. The van der Waals surface area contributed by atoms with E-state index in [1.54, 1.807) is 6.26 Å². The van der Waals surface area contributed by atoms with Crippen molar-refractivity contribution in [1.82, 2.24) is 10.2 Å². The average molecular weight is 224 g/mol. The van der Waals surface area contributed by atoms with Crippen molar-refractivity contribution in [3.8, 4) is 0 Å². The van der Waals surface area contributed by atoms with Crippen LogP contribution in [0.1, 0.15) is 18.7 Å². The molecule has 0 saturated carbocycles. The summed E-state index contributed by atoms with van der Waals surface area (Å²) in [5.41, 5.74) is 0. The van der Waals surface area contributed by atoms with E-state index >= 15 is 0 Å². The molecule has 1 aliphatic rings. The van der Waals surface area contributed by atoms with Crippen LogP contribution in [0.25, 0.3) is 0 Å². The van der Waals surface area contributed by atoms with Gasteiger partial charge in [-0.15, -0.1) is 0 Å². The molecule has 0 spiro atoms. The second-order valence-corrected chi connectivity index (χ2v) is 3.99. The fourth-order valence-corrected chi connectivity index (χ4v) is 2.11. The van der Waals surface area contributed by atoms with E-state index in [0.717, 1.165) is 18.8 Å². The zero-order chi connectivity index (χ0) is 11.5. The number of piperazine rings is 1. The van der Waals surface area contributed by atoms with Crippen LogP contribution in [0.4, 0.5) is 0 Å². The monoisotopic (exact) mass is 224 g/mol. The molecule has 0 bridgehead atoms. The van der Waals surface area contributed by atoms with E-state index in [4.69, 9.17) is 9.52 Å². The lowest BCUT2D eigenvalue weighted by Crippen LogP contribution is -2.55. The van der Waals surface area contributed by atoms with Gasteiger partial charge in [-0.05, 0) is 19.1 Å². The summed E-state index contributed by atoms with van der Waals surface area (Å²) < 4.78 is 5.32. The molecule has 1 aromatic rings. The Kier molecular flexibility index (Phi) is 3.26. The molecule has 16 heavy (non-hydrogen) atoms. The van der Waals surface area contributed by atoms with Gasteiger partial charge in [-0.25, -0.2) is 0 Å². The van der Waals surface area contributed by atoms with Crippen molar-refractivity contribution >= 4 is 5.97 Å². The van der Waals surface area contributed by atoms with Gasteiger partial charge in [0.05, 0.1) is 12.3 Å². The summed E-state index contributed by atoms with van der Waals surface area (Å²) in [5.74, 6) is 0.0266. The van der Waals surface area contributed by atoms with Crippen LogP contribution in [-0.4, -0.2) is 41.7 Å². The van der Waals surface area contributed by atoms with Crippen LogP contribution in [0, 0.1) is 0 Å². The molecule has 2 atom stereocenters. The van der Waals surface area contributed by atoms with Gasteiger partial charge >= 0.3 is 5.97 Å². The zero-order valence-electron chi connectivity index (χ0n) is 9.22. The minimum Gasteiger partial charge on any atom is -0.480 e. The molecule has 0 unspecified atom stereocenters. The third-order valence-electron chi connectivity index (χ3n) is 3.02. The van der Waals surface area contributed by atoms with Crippen LogP contribution in [0.3, 0.4) is 0 Å². The number of nitrogens with one attached hydrogen (secondary N) is 1. The van der Waals surface area contributed by atoms with Crippen molar-refractivity contribution < 1.29 is 14.3 Å². The van der Waals surface area contributed by atoms with E-state index in [0.29, 0.717) is 6.54 Å². The van der Waals surface area contributed by atoms with E-state index in [9.17, 15) is 4.79 Å². The highest BCUT2D eigenvalue weighted by atomic mass is 16.4. The molecule has 1 aliphatic heterocycles. The van der Waals surface area contributed by atoms with Crippen molar-refractivity contribution in [2.24, 2.45) is 0 Å². The number of carboxylic acids is 1. The van der Waals surface area contributed by atoms with E-state index in [2.05, 4.69) is 5.32 Å². The van der Waals surface area contributed by atoms with Crippen LogP contribution in [-0.2, 0) is 4.79 Å². The Labute approximate surface area is 94.0 Å². The molecule has 1 aromatic heterocycles. The largest absolute Gasteiger partial charge is 0.480 e. The first kappa shape index (κ1) is 11.2. The minimum absolute atomic E-state index is 0.00167. The standard InChI is InChI=1S/C11H16N2O3/c1-8(10-3-2-6-16-10)13-5-4-12-7-9(13)11(14)15/h2-3,6,8-9,12H,4-5,7H2,1H3,(H,14,15)/t8-,9-/m1/s1. The Morgan fingerprint density at radius 1 is 1.75 bits per heavy atom. The molecule has 88 valence electrons. The Hall–Kier alpha value is -1.33. The maximum Gasteiger partial charge on any atom is 0.322 e. The molecule has 0 radical (unpaired) electrons. The summed E-state index contributed by atoms with van der Waals surface area (Å²) in [7, 11) is 0. The number of aliphatic carboxylic acids is 1. The van der Waals surface area contributed by atoms with Gasteiger partial charge in [-0.3, -0.25) is 9.69 Å². The fraction of sp³-hybridized carbons (Fsp3) is 0.545. The van der Waals surface area contributed by atoms with Gasteiger partial charge in [0.2, 0.25) is 0 Å². The molecule has 1 saturated heterocycles. The SMILES string of the molecule is C[C@H](c1ccco1)N1CCNC[C@@H]1C(=O)O. The van der Waals surface area contributed by atoms with E-state index in [1.807, 2.05) is 24.0 Å². The molecule has 5 heteroatoms. The van der Waals surface area contributed by atoms with Crippen molar-refractivity contribution in [2.75, 3.05) is 19.6 Å². The van der Waals surface area contributed by atoms with E-state index in [1.165, 1.54) is 0 Å². The van der Waals surface area contributed by atoms with Crippen LogP contribution >= 0.6 is 0 Å². The number of carbonyl (C=O) groups is 1. The number of rotatable bonds is 3. The lowest BCUT2D eigenvalue weighted by Gasteiger charge is -2.36. The van der Waals surface area contributed by atoms with Crippen LogP contribution < -0.4 is 5.32 Å². The topological polar surface area (TPSA) is 65.7 Å². The highest BCUT2D eigenvalue weighted by Gasteiger charge is 2.32. The summed E-state index contributed by atoms with van der Waals surface area (Å²) in [5, 5.41) is 12.2. The Bertz CT molecular complexity index is 350. The minimum atomic E-state index is -0.786. The number of furan rings is 1. The second-order valence-electron chi connectivity index (χ2n) is 3.99. The number of hydrogen-bond acceptors (Lipinski definition) is 4. The van der Waals surface area contributed by atoms with Crippen LogP contribution in [0.15, 0.2) is 22.8 Å². The van der Waals surface area contributed by atoms with Gasteiger partial charge in [0, 0.05) is 19.6 Å². The summed E-state index contributed by atoms with van der Waals surface area (Å²) in [6, 6.07) is 3.22. The molecule has 2 heterocycles. The van der Waals surface area contributed by atoms with Gasteiger partial charge in [-0.1, -0.05) is 0 Å². The summed E-state index contributed by atoms with van der Waals surface area (Å²) in [6.07, 6.45) is 1.61. The summed E-state index contributed by atoms with van der Waals surface area (Å²) in [6.45, 7) is 3.99. The molecule has 0 aromatic carbocycles. The van der Waals surface area contributed by atoms with Gasteiger partial charge in [-0.2, -0.15) is 0 Å². The first-order valence-corrected chi connectivity index (χ1v) is 5.43. The molecule has 2 N–H and O–H groups in total. The molecule has 5 nitrogen and oxygen atoms in total. The Morgan fingerprint density at radius 2 is 2.56 bits per heavy atom. The molecular weight excluding hydrogens is 208 g/mol. The lowest BCUT2D eigenvalue weighted by atomic mass is 10.1. The lowest BCUT2D eigenvalue weighted by molar-refractivity contribution is -0.145. The highest BCUT2D eigenvalue weighted by Crippen LogP contribution is 2.23. The van der Waals surface area contributed by atoms with Crippen LogP contribution in [0.2, 0.25) is 0 Å². The molecule has 1 fully saturated rings. The third kappa shape index (κ3) is 2.10. The molecular formula is C11H16N2O3. The average Bonchev–Trinajstić information content (AvgIpc) is 2.81. The Morgan fingerprint density at radius 3 is 3.19 bits per heavy atom. The number of carboxylic acid groups (broad SMARTS) is 1. The van der Waals surface area contributed by atoms with E-state index < -0.39 is 12.0 Å². The van der Waals surface area contributed by atoms with E-state index in [-0.39, 0.29) is 6.04 Å². The zero-order valence-corrected chi connectivity index (χ0v) is 9.22. The smallest absolute Gasteiger partial charge is 0.322 e. The predicted octanol–water partition coefficient (Wildman–Crippen LogP) is 0.699. The molecule has 2 rings (SSSR count). The second kappa shape index (κ2) is 4.67. The predicted molar refractivity (Wildman–Crippen MR) is 58.1 cm³/mol. The number of hydrogen-bond donors (Lipinski definition) is 2. The van der Waals surface area contributed by atoms with Gasteiger partial charge < -0.3 is 14.8 Å². The summed E-state index contributed by atoms with van der Waals surface area (Å²) in [4.78, 5) is 13.1. The molecule has 0 amide bonds. The fourth-order valence-electron chi connectivity index (χ4n) is 2.11. The van der Waals surface area contributed by atoms with Crippen molar-refractivity contribution in [3.05, 3.63) is 24.2 Å². The molecule has 0 aliphatic carbocycles. The van der Waals surface area contributed by atoms with Crippen molar-refractivity contribution in [2.45, 2.75) is 19.0 Å². The summed E-state index contributed by atoms with van der Waals surface area (Å²) >= 11 is 0. The van der Waals surface area contributed by atoms with Gasteiger partial charge in [0.25, 0.3) is 0 Å². The van der Waals surface area contributed by atoms with Gasteiger partial charge in [0.15, 0.2) is 0 Å². The normalized spacial score (nSPS) is 24.2. The maximum absolute atomic E-state index is 11.1. The van der Waals surface area contributed by atoms with Crippen molar-refractivity contribution in [3.63, 3.8) is 0 Å². The van der Waals surface area contributed by atoms with Gasteiger partial charge in [0.1, 0.15) is 11.8 Å². The quantitative estimate of drug-likeness (QED) is 0.791. The highest BCUT2D eigenvalue weighted by molar-refractivity contribution is 5.74.